The van der Waals surface area contributed by atoms with Gasteiger partial charge in [0.25, 0.3) is 0 Å². The number of anilines is 2. The number of benzene rings is 1. The highest BCUT2D eigenvalue weighted by molar-refractivity contribution is 7.15. The first-order valence-electron chi connectivity index (χ1n) is 10.6. The molecule has 1 N–H and O–H groups in total. The average Bonchev–Trinajstić information content (AvgIpc) is 3.25. The maximum Gasteiger partial charge on any atom is 0.247 e. The van der Waals surface area contributed by atoms with Crippen LogP contribution >= 0.6 is 11.3 Å². The average molecular weight is 435 g/mol. The summed E-state index contributed by atoms with van der Waals surface area (Å²) in [5.74, 6) is 1.34. The molecule has 1 saturated heterocycles. The molecule has 1 aromatic carbocycles. The lowest BCUT2D eigenvalue weighted by atomic mass is 10.0. The summed E-state index contributed by atoms with van der Waals surface area (Å²) in [5, 5.41) is 13.3. The number of carbonyl (C=O) groups excluding carboxylic acids is 1. The molecule has 7 nitrogen and oxygen atoms in total. The van der Waals surface area contributed by atoms with E-state index in [1.807, 2.05) is 54.3 Å². The van der Waals surface area contributed by atoms with Gasteiger partial charge >= 0.3 is 0 Å². The second-order valence-electron chi connectivity index (χ2n) is 7.52. The number of aryl methyl sites for hydroxylation is 2. The highest BCUT2D eigenvalue weighted by Crippen LogP contribution is 2.30. The summed E-state index contributed by atoms with van der Waals surface area (Å²) in [6, 6.07) is 11.6. The number of carbonyl (C=O) groups is 1. The van der Waals surface area contributed by atoms with E-state index < -0.39 is 0 Å². The van der Waals surface area contributed by atoms with Crippen LogP contribution < -0.4 is 5.32 Å². The largest absolute Gasteiger partial charge is 0.329 e. The first-order valence-corrected chi connectivity index (χ1v) is 11.4. The van der Waals surface area contributed by atoms with E-state index in [0.717, 1.165) is 41.9 Å². The van der Waals surface area contributed by atoms with Crippen LogP contribution in [-0.2, 0) is 11.2 Å². The minimum absolute atomic E-state index is 0.00937. The zero-order valence-corrected chi connectivity index (χ0v) is 18.6. The summed E-state index contributed by atoms with van der Waals surface area (Å²) < 4.78 is 0. The van der Waals surface area contributed by atoms with Gasteiger partial charge in [0.2, 0.25) is 11.0 Å². The molecular weight excluding hydrogens is 408 g/mol. The van der Waals surface area contributed by atoms with Crippen molar-refractivity contribution in [3.8, 4) is 0 Å². The van der Waals surface area contributed by atoms with Gasteiger partial charge in [-0.25, -0.2) is 9.97 Å². The van der Waals surface area contributed by atoms with E-state index in [1.165, 1.54) is 11.3 Å². The Morgan fingerprint density at radius 3 is 2.84 bits per heavy atom. The molecule has 1 unspecified atom stereocenters. The summed E-state index contributed by atoms with van der Waals surface area (Å²) >= 11 is 1.52. The summed E-state index contributed by atoms with van der Waals surface area (Å²) in [6.45, 7) is 4.70. The fraction of sp³-hybridized carbons (Fsp3) is 0.348. The van der Waals surface area contributed by atoms with Crippen molar-refractivity contribution in [3.05, 3.63) is 64.6 Å². The van der Waals surface area contributed by atoms with Crippen molar-refractivity contribution in [3.63, 3.8) is 0 Å². The van der Waals surface area contributed by atoms with Gasteiger partial charge in [-0.05, 0) is 44.2 Å². The third kappa shape index (κ3) is 5.32. The molecule has 1 atom stereocenters. The third-order valence-corrected chi connectivity index (χ3v) is 6.16. The van der Waals surface area contributed by atoms with Crippen LogP contribution in [-0.4, -0.2) is 37.5 Å². The van der Waals surface area contributed by atoms with Gasteiger partial charge < -0.3 is 10.2 Å². The number of rotatable bonds is 6. The lowest BCUT2D eigenvalue weighted by Gasteiger charge is -2.34. The van der Waals surface area contributed by atoms with Crippen molar-refractivity contribution in [2.75, 3.05) is 11.9 Å². The van der Waals surface area contributed by atoms with Gasteiger partial charge in [-0.3, -0.25) is 4.79 Å². The van der Waals surface area contributed by atoms with Crippen LogP contribution in [0.15, 0.2) is 42.5 Å². The van der Waals surface area contributed by atoms with Gasteiger partial charge in [0.05, 0.1) is 6.04 Å². The normalized spacial score (nSPS) is 16.6. The van der Waals surface area contributed by atoms with E-state index in [0.29, 0.717) is 23.3 Å². The maximum absolute atomic E-state index is 13.0. The van der Waals surface area contributed by atoms with E-state index in [4.69, 9.17) is 4.98 Å². The molecule has 3 aromatic rings. The van der Waals surface area contributed by atoms with Crippen LogP contribution in [0.25, 0.3) is 6.08 Å². The van der Waals surface area contributed by atoms with Crippen LogP contribution in [0.5, 0.6) is 0 Å². The predicted octanol–water partition coefficient (Wildman–Crippen LogP) is 4.71. The molecule has 0 aliphatic carbocycles. The van der Waals surface area contributed by atoms with Crippen molar-refractivity contribution in [2.24, 2.45) is 0 Å². The summed E-state index contributed by atoms with van der Waals surface area (Å²) in [5.41, 5.74) is 1.86. The summed E-state index contributed by atoms with van der Waals surface area (Å²) in [6.07, 6.45) is 7.25. The number of nitrogens with one attached hydrogen (secondary N) is 1. The number of aromatic nitrogens is 4. The molecule has 3 heterocycles. The summed E-state index contributed by atoms with van der Waals surface area (Å²) in [4.78, 5) is 24.3. The minimum atomic E-state index is -0.136. The van der Waals surface area contributed by atoms with Crippen LogP contribution in [0.2, 0.25) is 0 Å². The van der Waals surface area contributed by atoms with E-state index >= 15 is 0 Å². The molecule has 8 heteroatoms. The number of piperidine rings is 1. The third-order valence-electron chi connectivity index (χ3n) is 5.18. The smallest absolute Gasteiger partial charge is 0.247 e. The number of amides is 1. The van der Waals surface area contributed by atoms with Crippen molar-refractivity contribution in [1.82, 2.24) is 25.1 Å². The number of hydrogen-bond acceptors (Lipinski definition) is 7. The van der Waals surface area contributed by atoms with Gasteiger partial charge in [-0.2, -0.15) is 0 Å². The molecule has 0 saturated carbocycles. The van der Waals surface area contributed by atoms with Gasteiger partial charge in [0.15, 0.2) is 5.82 Å². The molecule has 4 rings (SSSR count). The Kier molecular flexibility index (Phi) is 6.66. The van der Waals surface area contributed by atoms with Gasteiger partial charge in [0, 0.05) is 24.4 Å². The Bertz CT molecular complexity index is 1060. The topological polar surface area (TPSA) is 83.9 Å². The number of nitrogens with zero attached hydrogens (tertiary/aromatic N) is 5. The Hall–Kier alpha value is -3.13. The second kappa shape index (κ2) is 9.78. The molecule has 1 aliphatic heterocycles. The molecular formula is C23H26N6OS. The summed E-state index contributed by atoms with van der Waals surface area (Å²) in [7, 11) is 0. The maximum atomic E-state index is 13.0. The molecule has 31 heavy (non-hydrogen) atoms. The molecule has 0 bridgehead atoms. The first-order chi connectivity index (χ1) is 15.1. The van der Waals surface area contributed by atoms with Crippen molar-refractivity contribution < 1.29 is 4.79 Å². The van der Waals surface area contributed by atoms with Crippen LogP contribution in [0.3, 0.4) is 0 Å². The fourth-order valence-corrected chi connectivity index (χ4v) is 4.34. The van der Waals surface area contributed by atoms with Crippen LogP contribution in [0, 0.1) is 6.92 Å². The van der Waals surface area contributed by atoms with Gasteiger partial charge in [-0.15, -0.1) is 10.2 Å². The Morgan fingerprint density at radius 1 is 1.23 bits per heavy atom. The lowest BCUT2D eigenvalue weighted by molar-refractivity contribution is -0.129. The van der Waals surface area contributed by atoms with E-state index in [2.05, 4.69) is 27.4 Å². The van der Waals surface area contributed by atoms with Crippen molar-refractivity contribution >= 4 is 34.3 Å². The van der Waals surface area contributed by atoms with Crippen LogP contribution in [0.4, 0.5) is 10.9 Å². The van der Waals surface area contributed by atoms with E-state index in [1.54, 1.807) is 6.08 Å². The zero-order chi connectivity index (χ0) is 21.6. The SMILES string of the molecule is CCc1nnc(Nc2cc(C)nc(C3CCCCN3C(=O)/C=C/c3ccccc3)n2)s1. The van der Waals surface area contributed by atoms with E-state index in [-0.39, 0.29) is 11.9 Å². The monoisotopic (exact) mass is 434 g/mol. The Morgan fingerprint density at radius 2 is 2.06 bits per heavy atom. The zero-order valence-electron chi connectivity index (χ0n) is 17.8. The van der Waals surface area contributed by atoms with Gasteiger partial charge in [-0.1, -0.05) is 48.6 Å². The van der Waals surface area contributed by atoms with Crippen molar-refractivity contribution in [1.29, 1.82) is 0 Å². The fourth-order valence-electron chi connectivity index (χ4n) is 3.65. The Balaban J connectivity index is 1.55. The minimum Gasteiger partial charge on any atom is -0.329 e. The predicted molar refractivity (Wildman–Crippen MR) is 123 cm³/mol. The Labute approximate surface area is 186 Å². The molecule has 2 aromatic heterocycles. The van der Waals surface area contributed by atoms with Gasteiger partial charge in [0.1, 0.15) is 10.8 Å². The molecule has 1 fully saturated rings. The molecule has 0 radical (unpaired) electrons. The van der Waals surface area contributed by atoms with Crippen LogP contribution in [0.1, 0.15) is 54.3 Å². The second-order valence-corrected chi connectivity index (χ2v) is 8.58. The van der Waals surface area contributed by atoms with E-state index in [9.17, 15) is 4.79 Å². The molecule has 1 amide bonds. The standard InChI is InChI=1S/C23H26N6OS/c1-3-20-27-28-23(31-20)26-19-15-16(2)24-22(25-19)18-11-7-8-14-29(18)21(30)13-12-17-9-5-4-6-10-17/h4-6,9-10,12-13,15,18H,3,7-8,11,14H2,1-2H3,(H,24,25,26,28)/b13-12+. The molecule has 0 spiro atoms. The molecule has 1 aliphatic rings. The highest BCUT2D eigenvalue weighted by Gasteiger charge is 2.29. The quantitative estimate of drug-likeness (QED) is 0.566. The number of likely N-dealkylation sites (tertiary alicyclic amines) is 1. The highest BCUT2D eigenvalue weighted by atomic mass is 32.1. The molecule has 160 valence electrons. The first kappa shape index (κ1) is 21.1. The number of hydrogen-bond donors (Lipinski definition) is 1. The van der Waals surface area contributed by atoms with Crippen molar-refractivity contribution in [2.45, 2.75) is 45.6 Å². The lowest BCUT2D eigenvalue weighted by Crippen LogP contribution is -2.38.